The highest BCUT2D eigenvalue weighted by Crippen LogP contribution is 2.25. The highest BCUT2D eigenvalue weighted by molar-refractivity contribution is 7.11. The first kappa shape index (κ1) is 16.2. The summed E-state index contributed by atoms with van der Waals surface area (Å²) >= 11 is 7.52. The van der Waals surface area contributed by atoms with Gasteiger partial charge in [0.05, 0.1) is 0 Å². The summed E-state index contributed by atoms with van der Waals surface area (Å²) in [5.74, 6) is 1.37. The Morgan fingerprint density at radius 3 is 2.81 bits per heavy atom. The van der Waals surface area contributed by atoms with Gasteiger partial charge in [0.1, 0.15) is 16.9 Å². The first-order chi connectivity index (χ1) is 10.0. The van der Waals surface area contributed by atoms with Crippen LogP contribution in [0, 0.1) is 5.92 Å². The van der Waals surface area contributed by atoms with E-state index in [1.807, 2.05) is 25.1 Å². The molecule has 0 fully saturated rings. The molecule has 2 aromatic rings. The summed E-state index contributed by atoms with van der Waals surface area (Å²) in [5, 5.41) is 14.3. The summed E-state index contributed by atoms with van der Waals surface area (Å²) in [6.07, 6.45) is -0.139. The van der Waals surface area contributed by atoms with E-state index in [9.17, 15) is 0 Å². The summed E-state index contributed by atoms with van der Waals surface area (Å²) in [6, 6.07) is 7.37. The topological polar surface area (TPSA) is 47.0 Å². The second-order valence-electron chi connectivity index (χ2n) is 5.28. The fourth-order valence-corrected chi connectivity index (χ4v) is 2.74. The van der Waals surface area contributed by atoms with Crippen LogP contribution in [0.25, 0.3) is 0 Å². The number of benzene rings is 1. The van der Waals surface area contributed by atoms with E-state index in [2.05, 4.69) is 29.4 Å². The zero-order valence-electron chi connectivity index (χ0n) is 12.5. The maximum atomic E-state index is 5.95. The fourth-order valence-electron chi connectivity index (χ4n) is 1.76. The monoisotopic (exact) mass is 325 g/mol. The molecule has 114 valence electrons. The van der Waals surface area contributed by atoms with Crippen LogP contribution in [0.5, 0.6) is 5.75 Å². The quantitative estimate of drug-likeness (QED) is 0.833. The lowest BCUT2D eigenvalue weighted by atomic mass is 10.2. The average Bonchev–Trinajstić information content (AvgIpc) is 2.87. The standard InChI is InChI=1S/C15H20ClN3OS/c1-10(2)8-17-9-14-18-19-15(21-14)11(3)20-13-6-4-5-12(16)7-13/h4-7,10-11,17H,8-9H2,1-3H3. The van der Waals surface area contributed by atoms with E-state index >= 15 is 0 Å². The van der Waals surface area contributed by atoms with Gasteiger partial charge in [-0.2, -0.15) is 0 Å². The minimum Gasteiger partial charge on any atom is -0.483 e. The second-order valence-corrected chi connectivity index (χ2v) is 6.81. The SMILES string of the molecule is CC(C)CNCc1nnc(C(C)Oc2cccc(Cl)c2)s1. The second kappa shape index (κ2) is 7.73. The maximum absolute atomic E-state index is 5.95. The van der Waals surface area contributed by atoms with Crippen LogP contribution >= 0.6 is 22.9 Å². The van der Waals surface area contributed by atoms with Gasteiger partial charge in [-0.05, 0) is 37.6 Å². The Kier molecular flexibility index (Phi) is 5.96. The fraction of sp³-hybridized carbons (Fsp3) is 0.467. The van der Waals surface area contributed by atoms with Crippen molar-refractivity contribution in [3.63, 3.8) is 0 Å². The number of nitrogens with zero attached hydrogens (tertiary/aromatic N) is 2. The van der Waals surface area contributed by atoms with Crippen LogP contribution in [0.15, 0.2) is 24.3 Å². The van der Waals surface area contributed by atoms with Crippen molar-refractivity contribution >= 4 is 22.9 Å². The zero-order valence-corrected chi connectivity index (χ0v) is 14.0. The van der Waals surface area contributed by atoms with Gasteiger partial charge in [0.15, 0.2) is 5.01 Å². The summed E-state index contributed by atoms with van der Waals surface area (Å²) in [7, 11) is 0. The molecule has 0 saturated heterocycles. The molecule has 1 N–H and O–H groups in total. The van der Waals surface area contributed by atoms with Gasteiger partial charge in [-0.1, -0.05) is 42.9 Å². The lowest BCUT2D eigenvalue weighted by Gasteiger charge is -2.11. The smallest absolute Gasteiger partial charge is 0.157 e. The van der Waals surface area contributed by atoms with Crippen molar-refractivity contribution < 1.29 is 4.74 Å². The van der Waals surface area contributed by atoms with Crippen LogP contribution in [-0.2, 0) is 6.54 Å². The van der Waals surface area contributed by atoms with E-state index in [4.69, 9.17) is 16.3 Å². The van der Waals surface area contributed by atoms with Crippen LogP contribution in [0.1, 0.15) is 36.9 Å². The molecule has 0 amide bonds. The van der Waals surface area contributed by atoms with Gasteiger partial charge in [-0.15, -0.1) is 10.2 Å². The van der Waals surface area contributed by atoms with Crippen LogP contribution < -0.4 is 10.1 Å². The third-order valence-electron chi connectivity index (χ3n) is 2.77. The summed E-state index contributed by atoms with van der Waals surface area (Å²) in [5.41, 5.74) is 0. The van der Waals surface area contributed by atoms with Crippen LogP contribution in [0.3, 0.4) is 0 Å². The van der Waals surface area contributed by atoms with Crippen LogP contribution in [0.4, 0.5) is 0 Å². The molecule has 1 heterocycles. The molecule has 6 heteroatoms. The average molecular weight is 326 g/mol. The molecule has 1 atom stereocenters. The number of ether oxygens (including phenoxy) is 1. The largest absolute Gasteiger partial charge is 0.483 e. The first-order valence-corrected chi connectivity index (χ1v) is 8.19. The third kappa shape index (κ3) is 5.26. The maximum Gasteiger partial charge on any atom is 0.157 e. The molecule has 0 radical (unpaired) electrons. The Hall–Kier alpha value is -1.17. The van der Waals surface area contributed by atoms with E-state index in [0.717, 1.165) is 28.9 Å². The van der Waals surface area contributed by atoms with Crippen molar-refractivity contribution in [3.8, 4) is 5.75 Å². The molecular weight excluding hydrogens is 306 g/mol. The zero-order chi connectivity index (χ0) is 15.2. The molecular formula is C15H20ClN3OS. The van der Waals surface area contributed by atoms with E-state index in [1.54, 1.807) is 17.4 Å². The molecule has 0 saturated carbocycles. The lowest BCUT2D eigenvalue weighted by Crippen LogP contribution is -2.18. The molecule has 4 nitrogen and oxygen atoms in total. The molecule has 1 aromatic carbocycles. The summed E-state index contributed by atoms with van der Waals surface area (Å²) < 4.78 is 5.84. The van der Waals surface area contributed by atoms with Gasteiger partial charge < -0.3 is 10.1 Å². The molecule has 1 aromatic heterocycles. The van der Waals surface area contributed by atoms with Gasteiger partial charge >= 0.3 is 0 Å². The highest BCUT2D eigenvalue weighted by atomic mass is 35.5. The van der Waals surface area contributed by atoms with Crippen molar-refractivity contribution in [3.05, 3.63) is 39.3 Å². The van der Waals surface area contributed by atoms with Gasteiger partial charge in [0, 0.05) is 11.6 Å². The van der Waals surface area contributed by atoms with Gasteiger partial charge in [0.2, 0.25) is 0 Å². The number of rotatable bonds is 7. The Morgan fingerprint density at radius 1 is 1.29 bits per heavy atom. The molecule has 1 unspecified atom stereocenters. The van der Waals surface area contributed by atoms with E-state index < -0.39 is 0 Å². The van der Waals surface area contributed by atoms with Crippen molar-refractivity contribution in [2.24, 2.45) is 5.92 Å². The number of nitrogens with one attached hydrogen (secondary N) is 1. The molecule has 0 spiro atoms. The molecule has 0 bridgehead atoms. The Morgan fingerprint density at radius 2 is 2.10 bits per heavy atom. The number of aromatic nitrogens is 2. The van der Waals surface area contributed by atoms with Crippen LogP contribution in [0.2, 0.25) is 5.02 Å². The Bertz CT molecular complexity index is 574. The Labute approximate surface area is 134 Å². The molecule has 0 aliphatic rings. The van der Waals surface area contributed by atoms with Crippen LogP contribution in [-0.4, -0.2) is 16.7 Å². The predicted octanol–water partition coefficient (Wildman–Crippen LogP) is 4.08. The molecule has 21 heavy (non-hydrogen) atoms. The van der Waals surface area contributed by atoms with Crippen molar-refractivity contribution in [2.45, 2.75) is 33.4 Å². The minimum absolute atomic E-state index is 0.139. The van der Waals surface area contributed by atoms with Gasteiger partial charge in [0.25, 0.3) is 0 Å². The lowest BCUT2D eigenvalue weighted by molar-refractivity contribution is 0.225. The molecule has 2 rings (SSSR count). The van der Waals surface area contributed by atoms with Crippen molar-refractivity contribution in [1.29, 1.82) is 0 Å². The third-order valence-corrected chi connectivity index (χ3v) is 4.09. The van der Waals surface area contributed by atoms with Gasteiger partial charge in [-0.25, -0.2) is 0 Å². The predicted molar refractivity (Wildman–Crippen MR) is 86.9 cm³/mol. The van der Waals surface area contributed by atoms with E-state index in [1.165, 1.54) is 0 Å². The Balaban J connectivity index is 1.91. The molecule has 0 aliphatic carbocycles. The minimum atomic E-state index is -0.139. The number of hydrogen-bond donors (Lipinski definition) is 1. The number of halogens is 1. The molecule has 0 aliphatic heterocycles. The van der Waals surface area contributed by atoms with Gasteiger partial charge in [-0.3, -0.25) is 0 Å². The first-order valence-electron chi connectivity index (χ1n) is 7.00. The normalized spacial score (nSPS) is 12.6. The van der Waals surface area contributed by atoms with E-state index in [0.29, 0.717) is 10.9 Å². The summed E-state index contributed by atoms with van der Waals surface area (Å²) in [4.78, 5) is 0. The van der Waals surface area contributed by atoms with Crippen molar-refractivity contribution in [1.82, 2.24) is 15.5 Å². The summed E-state index contributed by atoms with van der Waals surface area (Å²) in [6.45, 7) is 8.05. The van der Waals surface area contributed by atoms with E-state index in [-0.39, 0.29) is 6.10 Å². The van der Waals surface area contributed by atoms with Crippen molar-refractivity contribution in [2.75, 3.05) is 6.54 Å². The highest BCUT2D eigenvalue weighted by Gasteiger charge is 2.14. The number of hydrogen-bond acceptors (Lipinski definition) is 5.